The molecule has 0 spiro atoms. The fourth-order valence-corrected chi connectivity index (χ4v) is 2.91. The van der Waals surface area contributed by atoms with E-state index in [4.69, 9.17) is 4.74 Å². The smallest absolute Gasteiger partial charge is 0.387 e. The quantitative estimate of drug-likeness (QED) is 0.446. The maximum Gasteiger partial charge on any atom is 0.387 e. The van der Waals surface area contributed by atoms with E-state index in [1.54, 1.807) is 48.5 Å². The molecule has 1 heterocycles. The minimum Gasteiger partial charge on any atom is -0.485 e. The predicted octanol–water partition coefficient (Wildman–Crippen LogP) is 4.10. The zero-order valence-corrected chi connectivity index (χ0v) is 16.6. The number of hydrogen-bond donors (Lipinski definition) is 1. The van der Waals surface area contributed by atoms with Crippen molar-refractivity contribution in [2.45, 2.75) is 13.2 Å². The third-order valence-corrected chi connectivity index (χ3v) is 4.36. The van der Waals surface area contributed by atoms with Crippen LogP contribution in [0.1, 0.15) is 16.2 Å². The summed E-state index contributed by atoms with van der Waals surface area (Å²) in [6.45, 7) is -2.94. The lowest BCUT2D eigenvalue weighted by Gasteiger charge is -2.12. The van der Waals surface area contributed by atoms with Crippen molar-refractivity contribution >= 4 is 11.6 Å². The summed E-state index contributed by atoms with van der Waals surface area (Å²) in [4.78, 5) is 12.7. The summed E-state index contributed by atoms with van der Waals surface area (Å²) in [5.41, 5.74) is 1.55. The van der Waals surface area contributed by atoms with Crippen LogP contribution in [0.25, 0.3) is 5.69 Å². The second kappa shape index (κ2) is 9.65. The highest BCUT2D eigenvalue weighted by molar-refractivity contribution is 6.06. The van der Waals surface area contributed by atoms with Crippen molar-refractivity contribution in [1.82, 2.24) is 20.2 Å². The first-order chi connectivity index (χ1) is 15.6. The molecule has 0 saturated heterocycles. The Hall–Kier alpha value is -4.34. The Morgan fingerprint density at radius 2 is 1.69 bits per heavy atom. The van der Waals surface area contributed by atoms with Crippen molar-refractivity contribution in [3.05, 3.63) is 90.3 Å². The van der Waals surface area contributed by atoms with Crippen molar-refractivity contribution < 1.29 is 23.0 Å². The van der Waals surface area contributed by atoms with Gasteiger partial charge < -0.3 is 14.8 Å². The van der Waals surface area contributed by atoms with Crippen LogP contribution >= 0.6 is 0 Å². The molecule has 0 fully saturated rings. The van der Waals surface area contributed by atoms with Gasteiger partial charge in [-0.2, -0.15) is 13.5 Å². The number of amides is 1. The summed E-state index contributed by atoms with van der Waals surface area (Å²) in [6, 6.07) is 21.7. The van der Waals surface area contributed by atoms with Crippen LogP contribution in [0.15, 0.2) is 78.9 Å². The molecule has 0 aliphatic carbocycles. The molecule has 0 radical (unpaired) electrons. The van der Waals surface area contributed by atoms with E-state index in [-0.39, 0.29) is 18.3 Å². The van der Waals surface area contributed by atoms with Gasteiger partial charge in [-0.3, -0.25) is 4.79 Å². The molecule has 4 rings (SSSR count). The van der Waals surface area contributed by atoms with E-state index in [0.29, 0.717) is 28.5 Å². The van der Waals surface area contributed by atoms with E-state index >= 15 is 0 Å². The second-order valence-electron chi connectivity index (χ2n) is 6.48. The van der Waals surface area contributed by atoms with Gasteiger partial charge >= 0.3 is 6.61 Å². The topological polar surface area (TPSA) is 91.2 Å². The Morgan fingerprint density at radius 3 is 2.44 bits per heavy atom. The first-order valence-electron chi connectivity index (χ1n) is 9.51. The fraction of sp³-hybridized carbons (Fsp3) is 0.0909. The molecule has 0 aliphatic heterocycles. The Balaban J connectivity index is 1.47. The van der Waals surface area contributed by atoms with Gasteiger partial charge in [0.25, 0.3) is 5.91 Å². The van der Waals surface area contributed by atoms with Gasteiger partial charge in [-0.15, -0.1) is 5.10 Å². The molecule has 162 valence electrons. The summed E-state index contributed by atoms with van der Waals surface area (Å²) < 4.78 is 36.2. The fourth-order valence-electron chi connectivity index (χ4n) is 2.91. The lowest BCUT2D eigenvalue weighted by atomic mass is 10.2. The van der Waals surface area contributed by atoms with Gasteiger partial charge in [-0.1, -0.05) is 30.3 Å². The monoisotopic (exact) mass is 437 g/mol. The van der Waals surface area contributed by atoms with Gasteiger partial charge in [0.2, 0.25) is 0 Å². The molecule has 1 amide bonds. The van der Waals surface area contributed by atoms with E-state index < -0.39 is 6.61 Å². The Kier molecular flexibility index (Phi) is 6.30. The van der Waals surface area contributed by atoms with Crippen LogP contribution in [0.2, 0.25) is 0 Å². The minimum atomic E-state index is -2.91. The third-order valence-electron chi connectivity index (χ3n) is 4.36. The zero-order chi connectivity index (χ0) is 22.3. The predicted molar refractivity (Wildman–Crippen MR) is 111 cm³/mol. The van der Waals surface area contributed by atoms with Crippen LogP contribution in [0.4, 0.5) is 14.5 Å². The Bertz CT molecular complexity index is 1180. The van der Waals surface area contributed by atoms with Crippen molar-refractivity contribution in [3.8, 4) is 17.2 Å². The van der Waals surface area contributed by atoms with E-state index in [9.17, 15) is 13.6 Å². The van der Waals surface area contributed by atoms with E-state index in [1.807, 2.05) is 18.2 Å². The maximum absolute atomic E-state index is 12.7. The number of benzene rings is 3. The van der Waals surface area contributed by atoms with Crippen molar-refractivity contribution in [3.63, 3.8) is 0 Å². The number of carbonyl (C=O) groups excluding carboxylic acids is 1. The second-order valence-corrected chi connectivity index (χ2v) is 6.48. The highest BCUT2D eigenvalue weighted by Gasteiger charge is 2.15. The normalized spacial score (nSPS) is 10.7. The van der Waals surface area contributed by atoms with Crippen LogP contribution < -0.4 is 14.8 Å². The molecule has 0 atom stereocenters. The van der Waals surface area contributed by atoms with Gasteiger partial charge in [0.15, 0.2) is 5.82 Å². The Morgan fingerprint density at radius 1 is 0.969 bits per heavy atom. The molecule has 32 heavy (non-hydrogen) atoms. The number of nitrogens with zero attached hydrogens (tertiary/aromatic N) is 4. The number of halogens is 2. The van der Waals surface area contributed by atoms with Gasteiger partial charge in [0.1, 0.15) is 18.1 Å². The Labute approximate surface area is 181 Å². The van der Waals surface area contributed by atoms with Crippen LogP contribution in [0.3, 0.4) is 0 Å². The number of aromatic nitrogens is 4. The maximum atomic E-state index is 12.7. The lowest BCUT2D eigenvalue weighted by Crippen LogP contribution is -2.14. The van der Waals surface area contributed by atoms with Crippen LogP contribution in [-0.4, -0.2) is 32.7 Å². The number of para-hydroxylation sites is 2. The summed E-state index contributed by atoms with van der Waals surface area (Å²) >= 11 is 0. The van der Waals surface area contributed by atoms with Crippen molar-refractivity contribution in [1.29, 1.82) is 0 Å². The SMILES string of the molecule is O=C(Nc1ccccc1)c1ccccc1OCc1nnnn1-c1ccc(OC(F)F)cc1. The first kappa shape index (κ1) is 20.9. The zero-order valence-electron chi connectivity index (χ0n) is 16.6. The van der Waals surface area contributed by atoms with Gasteiger partial charge in [0, 0.05) is 5.69 Å². The van der Waals surface area contributed by atoms with Gasteiger partial charge in [-0.05, 0) is 59.0 Å². The van der Waals surface area contributed by atoms with Crippen LogP contribution in [0, 0.1) is 0 Å². The average Bonchev–Trinajstić information content (AvgIpc) is 3.27. The van der Waals surface area contributed by atoms with E-state index in [0.717, 1.165) is 0 Å². The van der Waals surface area contributed by atoms with Crippen LogP contribution in [-0.2, 0) is 6.61 Å². The van der Waals surface area contributed by atoms with Crippen molar-refractivity contribution in [2.75, 3.05) is 5.32 Å². The number of alkyl halides is 2. The molecule has 1 aromatic heterocycles. The molecule has 1 N–H and O–H groups in total. The number of tetrazole rings is 1. The highest BCUT2D eigenvalue weighted by Crippen LogP contribution is 2.22. The summed E-state index contributed by atoms with van der Waals surface area (Å²) in [7, 11) is 0. The minimum absolute atomic E-state index is 0.0213. The molecular weight excluding hydrogens is 420 g/mol. The average molecular weight is 437 g/mol. The van der Waals surface area contributed by atoms with E-state index in [2.05, 4.69) is 25.6 Å². The van der Waals surface area contributed by atoms with Gasteiger partial charge in [0.05, 0.1) is 11.3 Å². The molecular formula is C22H17F2N5O3. The number of carbonyl (C=O) groups is 1. The molecule has 4 aromatic rings. The molecule has 10 heteroatoms. The first-order valence-corrected chi connectivity index (χ1v) is 9.51. The summed E-state index contributed by atoms with van der Waals surface area (Å²) in [6.07, 6.45) is 0. The molecule has 0 aliphatic rings. The summed E-state index contributed by atoms with van der Waals surface area (Å²) in [5, 5.41) is 14.3. The molecule has 0 bridgehead atoms. The van der Waals surface area contributed by atoms with Gasteiger partial charge in [-0.25, -0.2) is 0 Å². The number of rotatable bonds is 8. The number of nitrogens with one attached hydrogen (secondary N) is 1. The number of anilines is 1. The van der Waals surface area contributed by atoms with E-state index in [1.165, 1.54) is 16.8 Å². The molecule has 0 unspecified atom stereocenters. The molecule has 3 aromatic carbocycles. The number of ether oxygens (including phenoxy) is 2. The summed E-state index contributed by atoms with van der Waals surface area (Å²) in [5.74, 6) is 0.413. The standard InChI is InChI=1S/C22H17F2N5O3/c23-22(24)32-17-12-10-16(11-13-17)29-20(26-27-28-29)14-31-19-9-5-4-8-18(19)21(30)25-15-6-2-1-3-7-15/h1-13,22H,14H2,(H,25,30). The number of hydrogen-bond acceptors (Lipinski definition) is 6. The largest absolute Gasteiger partial charge is 0.485 e. The highest BCUT2D eigenvalue weighted by atomic mass is 19.3. The lowest BCUT2D eigenvalue weighted by molar-refractivity contribution is -0.0498. The third kappa shape index (κ3) is 5.04. The molecule has 8 nitrogen and oxygen atoms in total. The van der Waals surface area contributed by atoms with Crippen molar-refractivity contribution in [2.24, 2.45) is 0 Å². The van der Waals surface area contributed by atoms with Crippen LogP contribution in [0.5, 0.6) is 11.5 Å². The molecule has 0 saturated carbocycles.